The Bertz CT molecular complexity index is 494. The van der Waals surface area contributed by atoms with Crippen molar-refractivity contribution in [3.63, 3.8) is 0 Å². The number of fused-ring (bicyclic) bond motifs is 1. The summed E-state index contributed by atoms with van der Waals surface area (Å²) in [6.45, 7) is 8.79. The lowest BCUT2D eigenvalue weighted by Gasteiger charge is -2.33. The predicted molar refractivity (Wildman–Crippen MR) is 73.7 cm³/mol. The number of carbonyl (C=O) groups excluding carboxylic acids is 1. The normalized spacial score (nSPS) is 18.9. The van der Waals surface area contributed by atoms with E-state index in [1.54, 1.807) is 11.1 Å². The molecule has 0 unspecified atom stereocenters. The van der Waals surface area contributed by atoms with Gasteiger partial charge in [0.2, 0.25) is 0 Å². The van der Waals surface area contributed by atoms with E-state index in [1.165, 1.54) is 0 Å². The van der Waals surface area contributed by atoms with Gasteiger partial charge >= 0.3 is 6.09 Å². The Balaban J connectivity index is 2.18. The van der Waals surface area contributed by atoms with Crippen LogP contribution in [-0.4, -0.2) is 28.1 Å². The van der Waals surface area contributed by atoms with Gasteiger partial charge in [0, 0.05) is 12.5 Å². The van der Waals surface area contributed by atoms with Gasteiger partial charge in [-0.25, -0.2) is 4.79 Å². The van der Waals surface area contributed by atoms with Gasteiger partial charge in [-0.3, -0.25) is 4.98 Å². The quantitative estimate of drug-likeness (QED) is 0.781. The summed E-state index contributed by atoms with van der Waals surface area (Å²) in [6, 6.07) is 1.88. The van der Waals surface area contributed by atoms with Crippen LogP contribution in [-0.2, 0) is 11.3 Å². The molecule has 0 aromatic carbocycles. The standard InChI is InChI=1S/C14H21N3O2/c1-9-7-17(13(18)19-14(2,3)4)8-10-5-11(15)6-16-12(9)10/h5-6,9H,7-8,15H2,1-4H3/t9-/m0/s1. The third-order valence-electron chi connectivity index (χ3n) is 3.00. The first-order valence-electron chi connectivity index (χ1n) is 6.48. The van der Waals surface area contributed by atoms with Crippen molar-refractivity contribution >= 4 is 11.8 Å². The Labute approximate surface area is 113 Å². The lowest BCUT2D eigenvalue weighted by Crippen LogP contribution is -2.41. The van der Waals surface area contributed by atoms with E-state index in [0.717, 1.165) is 11.3 Å². The molecule has 2 rings (SSSR count). The average Bonchev–Trinajstić information content (AvgIpc) is 2.25. The van der Waals surface area contributed by atoms with Crippen LogP contribution in [0, 0.1) is 0 Å². The number of anilines is 1. The van der Waals surface area contributed by atoms with Crippen molar-refractivity contribution in [3.8, 4) is 0 Å². The van der Waals surface area contributed by atoms with Crippen molar-refractivity contribution in [1.29, 1.82) is 0 Å². The van der Waals surface area contributed by atoms with Crippen molar-refractivity contribution in [3.05, 3.63) is 23.5 Å². The molecule has 104 valence electrons. The van der Waals surface area contributed by atoms with Crippen molar-refractivity contribution < 1.29 is 9.53 Å². The van der Waals surface area contributed by atoms with Crippen LogP contribution < -0.4 is 5.73 Å². The molecule has 0 fully saturated rings. The summed E-state index contributed by atoms with van der Waals surface area (Å²) in [7, 11) is 0. The van der Waals surface area contributed by atoms with Crippen LogP contribution in [0.3, 0.4) is 0 Å². The molecule has 1 aliphatic rings. The Kier molecular flexibility index (Phi) is 3.39. The van der Waals surface area contributed by atoms with Crippen LogP contribution >= 0.6 is 0 Å². The van der Waals surface area contributed by atoms with Crippen molar-refractivity contribution in [2.45, 2.75) is 45.8 Å². The molecule has 2 N–H and O–H groups in total. The van der Waals surface area contributed by atoms with E-state index in [4.69, 9.17) is 10.5 Å². The van der Waals surface area contributed by atoms with Gasteiger partial charge in [-0.1, -0.05) is 6.92 Å². The molecular weight excluding hydrogens is 242 g/mol. The number of nitrogens with two attached hydrogens (primary N) is 1. The summed E-state index contributed by atoms with van der Waals surface area (Å²) in [5.74, 6) is 0.192. The molecule has 1 atom stereocenters. The second-order valence-electron chi connectivity index (χ2n) is 6.07. The van der Waals surface area contributed by atoms with Crippen LogP contribution in [0.4, 0.5) is 10.5 Å². The smallest absolute Gasteiger partial charge is 0.410 e. The third kappa shape index (κ3) is 3.16. The molecule has 1 aromatic heterocycles. The Hall–Kier alpha value is -1.78. The minimum Gasteiger partial charge on any atom is -0.444 e. The van der Waals surface area contributed by atoms with Crippen molar-refractivity contribution in [1.82, 2.24) is 9.88 Å². The van der Waals surface area contributed by atoms with Gasteiger partial charge in [-0.15, -0.1) is 0 Å². The lowest BCUT2D eigenvalue weighted by atomic mass is 9.96. The number of hydrogen-bond donors (Lipinski definition) is 1. The molecule has 1 aliphatic heterocycles. The number of pyridine rings is 1. The molecule has 5 heteroatoms. The second-order valence-corrected chi connectivity index (χ2v) is 6.07. The summed E-state index contributed by atoms with van der Waals surface area (Å²) in [6.07, 6.45) is 1.38. The number of ether oxygens (including phenoxy) is 1. The molecule has 0 saturated heterocycles. The molecule has 5 nitrogen and oxygen atoms in total. The number of nitrogen functional groups attached to an aromatic ring is 1. The highest BCUT2D eigenvalue weighted by Crippen LogP contribution is 2.28. The molecule has 0 radical (unpaired) electrons. The molecule has 0 aliphatic carbocycles. The highest BCUT2D eigenvalue weighted by atomic mass is 16.6. The summed E-state index contributed by atoms with van der Waals surface area (Å²) >= 11 is 0. The molecular formula is C14H21N3O2. The fourth-order valence-electron chi connectivity index (χ4n) is 2.26. The van der Waals surface area contributed by atoms with E-state index < -0.39 is 5.60 Å². The van der Waals surface area contributed by atoms with Gasteiger partial charge < -0.3 is 15.4 Å². The van der Waals surface area contributed by atoms with Gasteiger partial charge in [0.15, 0.2) is 0 Å². The highest BCUT2D eigenvalue weighted by Gasteiger charge is 2.29. The van der Waals surface area contributed by atoms with Gasteiger partial charge in [-0.05, 0) is 32.4 Å². The highest BCUT2D eigenvalue weighted by molar-refractivity contribution is 5.69. The average molecular weight is 263 g/mol. The maximum absolute atomic E-state index is 12.1. The molecule has 0 saturated carbocycles. The van der Waals surface area contributed by atoms with E-state index in [0.29, 0.717) is 18.8 Å². The summed E-state index contributed by atoms with van der Waals surface area (Å²) in [4.78, 5) is 18.2. The zero-order chi connectivity index (χ0) is 14.2. The summed E-state index contributed by atoms with van der Waals surface area (Å²) in [5.41, 5.74) is 7.92. The number of hydrogen-bond acceptors (Lipinski definition) is 4. The topological polar surface area (TPSA) is 68.5 Å². The van der Waals surface area contributed by atoms with E-state index in [9.17, 15) is 4.79 Å². The van der Waals surface area contributed by atoms with Gasteiger partial charge in [0.25, 0.3) is 0 Å². The largest absolute Gasteiger partial charge is 0.444 e. The van der Waals surface area contributed by atoms with Crippen LogP contribution in [0.2, 0.25) is 0 Å². The van der Waals surface area contributed by atoms with E-state index in [-0.39, 0.29) is 12.0 Å². The van der Waals surface area contributed by atoms with E-state index in [2.05, 4.69) is 11.9 Å². The van der Waals surface area contributed by atoms with Crippen molar-refractivity contribution in [2.24, 2.45) is 0 Å². The van der Waals surface area contributed by atoms with E-state index in [1.807, 2.05) is 26.8 Å². The Morgan fingerprint density at radius 1 is 1.53 bits per heavy atom. The van der Waals surface area contributed by atoms with Crippen LogP contribution in [0.1, 0.15) is 44.9 Å². The first-order chi connectivity index (χ1) is 8.76. The first-order valence-corrected chi connectivity index (χ1v) is 6.48. The molecule has 1 aromatic rings. The van der Waals surface area contributed by atoms with Gasteiger partial charge in [-0.2, -0.15) is 0 Å². The monoisotopic (exact) mass is 263 g/mol. The molecule has 2 heterocycles. The Morgan fingerprint density at radius 2 is 2.21 bits per heavy atom. The fourth-order valence-corrected chi connectivity index (χ4v) is 2.26. The van der Waals surface area contributed by atoms with Crippen LogP contribution in [0.25, 0.3) is 0 Å². The minimum absolute atomic E-state index is 0.192. The maximum Gasteiger partial charge on any atom is 0.410 e. The number of nitrogens with zero attached hydrogens (tertiary/aromatic N) is 2. The molecule has 1 amide bonds. The number of amides is 1. The first kappa shape index (κ1) is 13.6. The van der Waals surface area contributed by atoms with E-state index >= 15 is 0 Å². The minimum atomic E-state index is -0.478. The van der Waals surface area contributed by atoms with Gasteiger partial charge in [0.05, 0.1) is 24.1 Å². The maximum atomic E-state index is 12.1. The number of carbonyl (C=O) groups is 1. The fraction of sp³-hybridized carbons (Fsp3) is 0.571. The SMILES string of the molecule is C[C@H]1CN(C(=O)OC(C)(C)C)Cc2cc(N)cnc21. The zero-order valence-electron chi connectivity index (χ0n) is 11.9. The predicted octanol–water partition coefficient (Wildman–Crippen LogP) is 2.52. The second kappa shape index (κ2) is 4.72. The van der Waals surface area contributed by atoms with Crippen molar-refractivity contribution in [2.75, 3.05) is 12.3 Å². The summed E-state index contributed by atoms with van der Waals surface area (Å²) < 4.78 is 5.41. The molecule has 19 heavy (non-hydrogen) atoms. The van der Waals surface area contributed by atoms with Crippen LogP contribution in [0.5, 0.6) is 0 Å². The molecule has 0 bridgehead atoms. The lowest BCUT2D eigenvalue weighted by molar-refractivity contribution is 0.0207. The number of rotatable bonds is 0. The summed E-state index contributed by atoms with van der Waals surface area (Å²) in [5, 5.41) is 0. The molecule has 0 spiro atoms. The van der Waals surface area contributed by atoms with Gasteiger partial charge in [0.1, 0.15) is 5.60 Å². The Morgan fingerprint density at radius 3 is 2.84 bits per heavy atom. The number of aromatic nitrogens is 1. The third-order valence-corrected chi connectivity index (χ3v) is 3.00. The zero-order valence-corrected chi connectivity index (χ0v) is 11.9. The van der Waals surface area contributed by atoms with Crippen LogP contribution in [0.15, 0.2) is 12.3 Å².